The molecule has 5 heteroatoms. The first-order valence-corrected chi connectivity index (χ1v) is 9.57. The van der Waals surface area contributed by atoms with Gasteiger partial charge in [-0.15, -0.1) is 0 Å². The molecule has 2 aliphatic rings. The molecular weight excluding hydrogens is 336 g/mol. The second-order valence-electron chi connectivity index (χ2n) is 7.37. The van der Waals surface area contributed by atoms with Gasteiger partial charge in [-0.05, 0) is 56.0 Å². The van der Waals surface area contributed by atoms with Gasteiger partial charge in [-0.25, -0.2) is 4.79 Å². The standard InChI is InChI=1S/C22H24N4O/c1-16-5-7-18(8-6-16)25-12-9-19(10-13-25)26-14-11-20-17(15-23)3-2-4-21(20)24-22(26)27/h2-8,19H,9-14H2,1H3,(H,24,27). The normalized spacial score (nSPS) is 17.7. The summed E-state index contributed by atoms with van der Waals surface area (Å²) in [6.45, 7) is 4.66. The molecule has 1 N–H and O–H groups in total. The van der Waals surface area contributed by atoms with E-state index < -0.39 is 0 Å². The quantitative estimate of drug-likeness (QED) is 0.883. The molecule has 0 saturated carbocycles. The Bertz CT molecular complexity index is 876. The molecule has 0 atom stereocenters. The largest absolute Gasteiger partial charge is 0.371 e. The zero-order valence-electron chi connectivity index (χ0n) is 15.6. The molecule has 2 aliphatic heterocycles. The van der Waals surface area contributed by atoms with Crippen LogP contribution in [0, 0.1) is 18.3 Å². The third-order valence-corrected chi connectivity index (χ3v) is 5.71. The van der Waals surface area contributed by atoms with E-state index in [9.17, 15) is 10.1 Å². The van der Waals surface area contributed by atoms with Crippen molar-refractivity contribution in [3.8, 4) is 6.07 Å². The molecule has 0 aliphatic carbocycles. The molecule has 0 radical (unpaired) electrons. The number of rotatable bonds is 2. The molecule has 27 heavy (non-hydrogen) atoms. The molecule has 2 aromatic rings. The SMILES string of the molecule is Cc1ccc(N2CCC(N3CCc4c(C#N)cccc4NC3=O)CC2)cc1. The van der Waals surface area contributed by atoms with Gasteiger partial charge in [0.25, 0.3) is 0 Å². The minimum absolute atomic E-state index is 0.0439. The van der Waals surface area contributed by atoms with E-state index in [1.165, 1.54) is 11.3 Å². The predicted octanol–water partition coefficient (Wildman–Crippen LogP) is 3.93. The van der Waals surface area contributed by atoms with Crippen molar-refractivity contribution < 1.29 is 4.79 Å². The van der Waals surface area contributed by atoms with Crippen LogP contribution in [0.3, 0.4) is 0 Å². The molecule has 4 rings (SSSR count). The number of benzene rings is 2. The summed E-state index contributed by atoms with van der Waals surface area (Å²) in [4.78, 5) is 17.1. The molecule has 138 valence electrons. The Kier molecular flexibility index (Phi) is 4.72. The third kappa shape index (κ3) is 3.48. The first-order chi connectivity index (χ1) is 13.2. The van der Waals surface area contributed by atoms with E-state index in [0.717, 1.165) is 43.6 Å². The molecule has 2 amide bonds. The highest BCUT2D eigenvalue weighted by atomic mass is 16.2. The fourth-order valence-corrected chi connectivity index (χ4v) is 4.14. The van der Waals surface area contributed by atoms with Gasteiger partial charge in [0.2, 0.25) is 0 Å². The second-order valence-corrected chi connectivity index (χ2v) is 7.37. The zero-order valence-corrected chi connectivity index (χ0v) is 15.6. The molecule has 0 bridgehead atoms. The maximum atomic E-state index is 12.8. The molecule has 0 aromatic heterocycles. The Morgan fingerprint density at radius 1 is 1.07 bits per heavy atom. The van der Waals surface area contributed by atoms with Crippen LogP contribution in [0.2, 0.25) is 0 Å². The van der Waals surface area contributed by atoms with Gasteiger partial charge >= 0.3 is 6.03 Å². The predicted molar refractivity (Wildman–Crippen MR) is 107 cm³/mol. The Hall–Kier alpha value is -3.00. The number of hydrogen-bond donors (Lipinski definition) is 1. The number of nitriles is 1. The summed E-state index contributed by atoms with van der Waals surface area (Å²) < 4.78 is 0. The summed E-state index contributed by atoms with van der Waals surface area (Å²) >= 11 is 0. The van der Waals surface area contributed by atoms with Crippen LogP contribution in [0.15, 0.2) is 42.5 Å². The van der Waals surface area contributed by atoms with Crippen LogP contribution in [0.5, 0.6) is 0 Å². The lowest BCUT2D eigenvalue weighted by atomic mass is 10.0. The topological polar surface area (TPSA) is 59.4 Å². The van der Waals surface area contributed by atoms with E-state index in [1.54, 1.807) is 0 Å². The van der Waals surface area contributed by atoms with Crippen LogP contribution in [-0.4, -0.2) is 36.6 Å². The van der Waals surface area contributed by atoms with Crippen molar-refractivity contribution in [3.05, 3.63) is 59.2 Å². The molecular formula is C22H24N4O. The van der Waals surface area contributed by atoms with E-state index in [-0.39, 0.29) is 12.1 Å². The van der Waals surface area contributed by atoms with Gasteiger partial charge in [0.05, 0.1) is 11.6 Å². The first kappa shape index (κ1) is 17.4. The van der Waals surface area contributed by atoms with E-state index in [1.807, 2.05) is 23.1 Å². The van der Waals surface area contributed by atoms with Crippen LogP contribution in [0.4, 0.5) is 16.2 Å². The van der Waals surface area contributed by atoms with Crippen molar-refractivity contribution in [2.45, 2.75) is 32.2 Å². The van der Waals surface area contributed by atoms with Gasteiger partial charge in [0.15, 0.2) is 0 Å². The molecule has 0 unspecified atom stereocenters. The summed E-state index contributed by atoms with van der Waals surface area (Å²) in [7, 11) is 0. The third-order valence-electron chi connectivity index (χ3n) is 5.71. The number of nitrogens with one attached hydrogen (secondary N) is 1. The fourth-order valence-electron chi connectivity index (χ4n) is 4.14. The van der Waals surface area contributed by atoms with E-state index in [0.29, 0.717) is 12.1 Å². The van der Waals surface area contributed by atoms with Gasteiger partial charge in [-0.2, -0.15) is 5.26 Å². The highest BCUT2D eigenvalue weighted by Gasteiger charge is 2.30. The number of fused-ring (bicyclic) bond motifs is 1. The highest BCUT2D eigenvalue weighted by molar-refractivity contribution is 5.91. The zero-order chi connectivity index (χ0) is 18.8. The van der Waals surface area contributed by atoms with Gasteiger partial charge in [-0.3, -0.25) is 0 Å². The van der Waals surface area contributed by atoms with Crippen molar-refractivity contribution in [1.82, 2.24) is 4.90 Å². The number of nitrogens with zero attached hydrogens (tertiary/aromatic N) is 3. The molecule has 0 spiro atoms. The minimum Gasteiger partial charge on any atom is -0.371 e. The number of urea groups is 1. The maximum Gasteiger partial charge on any atom is 0.322 e. The molecule has 5 nitrogen and oxygen atoms in total. The lowest BCUT2D eigenvalue weighted by Gasteiger charge is -2.39. The summed E-state index contributed by atoms with van der Waals surface area (Å²) in [6.07, 6.45) is 2.64. The number of amides is 2. The number of hydrogen-bond acceptors (Lipinski definition) is 3. The minimum atomic E-state index is -0.0439. The monoisotopic (exact) mass is 360 g/mol. The van der Waals surface area contributed by atoms with Crippen molar-refractivity contribution in [1.29, 1.82) is 5.26 Å². The van der Waals surface area contributed by atoms with E-state index >= 15 is 0 Å². The summed E-state index contributed by atoms with van der Waals surface area (Å²) in [5, 5.41) is 12.4. The summed E-state index contributed by atoms with van der Waals surface area (Å²) in [5.74, 6) is 0. The molecule has 1 fully saturated rings. The first-order valence-electron chi connectivity index (χ1n) is 9.57. The van der Waals surface area contributed by atoms with E-state index in [2.05, 4.69) is 47.5 Å². The Morgan fingerprint density at radius 2 is 1.81 bits per heavy atom. The van der Waals surface area contributed by atoms with E-state index in [4.69, 9.17) is 0 Å². The Balaban J connectivity index is 1.44. The number of carbonyl (C=O) groups is 1. The lowest BCUT2D eigenvalue weighted by Crippen LogP contribution is -2.48. The van der Waals surface area contributed by atoms with Crippen LogP contribution in [-0.2, 0) is 6.42 Å². The average molecular weight is 360 g/mol. The van der Waals surface area contributed by atoms with Gasteiger partial charge in [0.1, 0.15) is 0 Å². The summed E-state index contributed by atoms with van der Waals surface area (Å²) in [5.41, 5.74) is 4.91. The number of piperidine rings is 1. The van der Waals surface area contributed by atoms with Crippen molar-refractivity contribution >= 4 is 17.4 Å². The van der Waals surface area contributed by atoms with Crippen molar-refractivity contribution in [3.63, 3.8) is 0 Å². The summed E-state index contributed by atoms with van der Waals surface area (Å²) in [6, 6.07) is 16.6. The van der Waals surface area contributed by atoms with Crippen molar-refractivity contribution in [2.24, 2.45) is 0 Å². The number of carbonyl (C=O) groups excluding carboxylic acids is 1. The van der Waals surface area contributed by atoms with Gasteiger partial charge in [0, 0.05) is 37.1 Å². The van der Waals surface area contributed by atoms with Crippen LogP contribution < -0.4 is 10.2 Å². The average Bonchev–Trinajstić information content (AvgIpc) is 2.87. The smallest absolute Gasteiger partial charge is 0.322 e. The van der Waals surface area contributed by atoms with Crippen molar-refractivity contribution in [2.75, 3.05) is 29.9 Å². The molecule has 2 heterocycles. The molecule has 2 aromatic carbocycles. The molecule has 1 saturated heterocycles. The maximum absolute atomic E-state index is 12.8. The van der Waals surface area contributed by atoms with Crippen LogP contribution in [0.25, 0.3) is 0 Å². The highest BCUT2D eigenvalue weighted by Crippen LogP contribution is 2.28. The number of anilines is 2. The fraction of sp³-hybridized carbons (Fsp3) is 0.364. The van der Waals surface area contributed by atoms with Crippen LogP contribution in [0.1, 0.15) is 29.5 Å². The Morgan fingerprint density at radius 3 is 2.52 bits per heavy atom. The van der Waals surface area contributed by atoms with Gasteiger partial charge in [-0.1, -0.05) is 23.8 Å². The van der Waals surface area contributed by atoms with Crippen LogP contribution >= 0.6 is 0 Å². The second kappa shape index (κ2) is 7.32. The van der Waals surface area contributed by atoms with Gasteiger partial charge < -0.3 is 15.1 Å². The Labute approximate surface area is 160 Å². The lowest BCUT2D eigenvalue weighted by molar-refractivity contribution is 0.177. The number of aryl methyl sites for hydroxylation is 1.